The van der Waals surface area contributed by atoms with Crippen molar-refractivity contribution in [1.29, 1.82) is 0 Å². The summed E-state index contributed by atoms with van der Waals surface area (Å²) in [7, 11) is 0. The number of fused-ring (bicyclic) bond motifs is 5. The molecule has 4 aliphatic rings. The highest BCUT2D eigenvalue weighted by Gasteiger charge is 2.61. The summed E-state index contributed by atoms with van der Waals surface area (Å²) in [6.45, 7) is 16.0. The van der Waals surface area contributed by atoms with Gasteiger partial charge >= 0.3 is 0 Å². The summed E-state index contributed by atoms with van der Waals surface area (Å²) >= 11 is 0. The lowest BCUT2D eigenvalue weighted by Crippen LogP contribution is -2.54. The van der Waals surface area contributed by atoms with Crippen LogP contribution in [-0.4, -0.2) is 21.9 Å². The molecule has 0 saturated heterocycles. The maximum Gasteiger partial charge on any atom is 0.0750 e. The largest absolute Gasteiger partial charge is 0.390 e. The summed E-state index contributed by atoms with van der Waals surface area (Å²) in [6, 6.07) is 0. The Labute approximate surface area is 185 Å². The van der Waals surface area contributed by atoms with E-state index in [9.17, 15) is 10.2 Å². The first-order valence-electron chi connectivity index (χ1n) is 13.1. The zero-order valence-corrected chi connectivity index (χ0v) is 20.4. The molecule has 0 aromatic heterocycles. The standard InChI is InChI=1S/C28H48O2/c1-18(8-7-15-26(3,4)30)21-11-12-23-20-9-10-22-19(2)25(29)14-17-28(22,6)24(20)13-16-27(21,23)5/h18,20-25,29-30H,2,7-17H2,1,3-6H3/t18-,20+,21-,22+,23+,24+,25+,27-,28+/m1/s1. The van der Waals surface area contributed by atoms with E-state index in [1.54, 1.807) is 0 Å². The van der Waals surface area contributed by atoms with Crippen LogP contribution >= 0.6 is 0 Å². The molecule has 0 aromatic carbocycles. The van der Waals surface area contributed by atoms with Crippen molar-refractivity contribution >= 4 is 0 Å². The van der Waals surface area contributed by atoms with Gasteiger partial charge in [-0.25, -0.2) is 0 Å². The average Bonchev–Trinajstić information content (AvgIpc) is 3.01. The number of hydrogen-bond donors (Lipinski definition) is 2. The smallest absolute Gasteiger partial charge is 0.0750 e. The van der Waals surface area contributed by atoms with E-state index in [0.717, 1.165) is 54.4 Å². The van der Waals surface area contributed by atoms with E-state index < -0.39 is 5.60 Å². The van der Waals surface area contributed by atoms with Crippen molar-refractivity contribution in [3.05, 3.63) is 12.2 Å². The summed E-state index contributed by atoms with van der Waals surface area (Å²) < 4.78 is 0. The van der Waals surface area contributed by atoms with Gasteiger partial charge in [0.15, 0.2) is 0 Å². The quantitative estimate of drug-likeness (QED) is 0.487. The summed E-state index contributed by atoms with van der Waals surface area (Å²) in [5.74, 6) is 4.81. The normalized spacial score (nSPS) is 47.4. The molecule has 4 aliphatic carbocycles. The lowest BCUT2D eigenvalue weighted by molar-refractivity contribution is -0.111. The summed E-state index contributed by atoms with van der Waals surface area (Å²) in [4.78, 5) is 0. The van der Waals surface area contributed by atoms with Crippen LogP contribution in [-0.2, 0) is 0 Å². The maximum absolute atomic E-state index is 10.4. The van der Waals surface area contributed by atoms with Gasteiger partial charge < -0.3 is 10.2 Å². The summed E-state index contributed by atoms with van der Waals surface area (Å²) in [5.41, 5.74) is 1.52. The molecule has 0 unspecified atom stereocenters. The van der Waals surface area contributed by atoms with Gasteiger partial charge in [-0.1, -0.05) is 40.2 Å². The Balaban J connectivity index is 1.47. The van der Waals surface area contributed by atoms with E-state index in [4.69, 9.17) is 0 Å². The molecule has 0 amide bonds. The molecule has 4 rings (SSSR count). The van der Waals surface area contributed by atoms with Crippen molar-refractivity contribution in [2.24, 2.45) is 46.3 Å². The Bertz CT molecular complexity index is 648. The molecular formula is C28H48O2. The van der Waals surface area contributed by atoms with Gasteiger partial charge in [0.1, 0.15) is 0 Å². The highest BCUT2D eigenvalue weighted by molar-refractivity contribution is 5.20. The maximum atomic E-state index is 10.4. The molecule has 0 aromatic rings. The first-order valence-corrected chi connectivity index (χ1v) is 13.1. The molecule has 0 heterocycles. The fourth-order valence-electron chi connectivity index (χ4n) is 9.32. The second kappa shape index (κ2) is 7.91. The SMILES string of the molecule is C=C1[C@@H](O)CC[C@@]2(C)[C@H]1CC[C@@H]1[C@@H]2CC[C@]2(C)[C@@H]([C@H](C)CCCC(C)(C)O)CC[C@@H]12. The van der Waals surface area contributed by atoms with Crippen molar-refractivity contribution in [2.75, 3.05) is 0 Å². The Hall–Kier alpha value is -0.340. The molecule has 0 aliphatic heterocycles. The number of aliphatic hydroxyl groups is 2. The Kier molecular flexibility index (Phi) is 6.02. The molecule has 4 fully saturated rings. The fourth-order valence-corrected chi connectivity index (χ4v) is 9.32. The molecular weight excluding hydrogens is 368 g/mol. The van der Waals surface area contributed by atoms with Gasteiger partial charge in [-0.15, -0.1) is 0 Å². The molecule has 0 bridgehead atoms. The van der Waals surface area contributed by atoms with Crippen LogP contribution in [0.15, 0.2) is 12.2 Å². The third-order valence-corrected chi connectivity index (χ3v) is 10.9. The van der Waals surface area contributed by atoms with Crippen LogP contribution in [0.4, 0.5) is 0 Å². The van der Waals surface area contributed by atoms with Crippen LogP contribution in [0, 0.1) is 46.3 Å². The van der Waals surface area contributed by atoms with Gasteiger partial charge in [0, 0.05) is 0 Å². The van der Waals surface area contributed by atoms with E-state index in [-0.39, 0.29) is 6.10 Å². The first kappa shape index (κ1) is 22.8. The van der Waals surface area contributed by atoms with Gasteiger partial charge in [0.2, 0.25) is 0 Å². The van der Waals surface area contributed by atoms with E-state index >= 15 is 0 Å². The Morgan fingerprint density at radius 2 is 1.67 bits per heavy atom. The zero-order chi connectivity index (χ0) is 21.9. The van der Waals surface area contributed by atoms with Crippen LogP contribution in [0.25, 0.3) is 0 Å². The van der Waals surface area contributed by atoms with Crippen LogP contribution in [0.3, 0.4) is 0 Å². The highest BCUT2D eigenvalue weighted by atomic mass is 16.3. The van der Waals surface area contributed by atoms with Crippen LogP contribution in [0.5, 0.6) is 0 Å². The Morgan fingerprint density at radius 3 is 2.37 bits per heavy atom. The predicted molar refractivity (Wildman–Crippen MR) is 125 cm³/mol. The van der Waals surface area contributed by atoms with Gasteiger partial charge in [-0.05, 0) is 124 Å². The number of hydrogen-bond acceptors (Lipinski definition) is 2. The lowest BCUT2D eigenvalue weighted by atomic mass is 9.44. The van der Waals surface area contributed by atoms with Crippen molar-refractivity contribution in [3.8, 4) is 0 Å². The van der Waals surface area contributed by atoms with Crippen molar-refractivity contribution < 1.29 is 10.2 Å². The van der Waals surface area contributed by atoms with Crippen molar-refractivity contribution in [1.82, 2.24) is 0 Å². The van der Waals surface area contributed by atoms with Crippen molar-refractivity contribution in [3.63, 3.8) is 0 Å². The van der Waals surface area contributed by atoms with Crippen molar-refractivity contribution in [2.45, 2.75) is 117 Å². The van der Waals surface area contributed by atoms with E-state index in [1.165, 1.54) is 51.4 Å². The topological polar surface area (TPSA) is 40.5 Å². The van der Waals surface area contributed by atoms with Crippen LogP contribution in [0.1, 0.15) is 105 Å². The molecule has 172 valence electrons. The monoisotopic (exact) mass is 416 g/mol. The molecule has 0 radical (unpaired) electrons. The minimum absolute atomic E-state index is 0.255. The van der Waals surface area contributed by atoms with Gasteiger partial charge in [-0.3, -0.25) is 0 Å². The van der Waals surface area contributed by atoms with E-state index in [2.05, 4.69) is 27.4 Å². The highest BCUT2D eigenvalue weighted by Crippen LogP contribution is 2.68. The Morgan fingerprint density at radius 1 is 1.00 bits per heavy atom. The van der Waals surface area contributed by atoms with E-state index in [1.807, 2.05) is 13.8 Å². The average molecular weight is 417 g/mol. The number of rotatable bonds is 5. The predicted octanol–water partition coefficient (Wildman–Crippen LogP) is 6.75. The van der Waals surface area contributed by atoms with Gasteiger partial charge in [0.05, 0.1) is 11.7 Å². The molecule has 9 atom stereocenters. The summed E-state index contributed by atoms with van der Waals surface area (Å²) in [6.07, 6.45) is 13.5. The third-order valence-electron chi connectivity index (χ3n) is 10.9. The first-order chi connectivity index (χ1) is 14.0. The van der Waals surface area contributed by atoms with E-state index in [0.29, 0.717) is 16.7 Å². The minimum atomic E-state index is -0.522. The molecule has 2 nitrogen and oxygen atoms in total. The number of aliphatic hydroxyl groups excluding tert-OH is 1. The minimum Gasteiger partial charge on any atom is -0.390 e. The summed E-state index contributed by atoms with van der Waals surface area (Å²) in [5, 5.41) is 20.5. The zero-order valence-electron chi connectivity index (χ0n) is 20.4. The molecule has 2 N–H and O–H groups in total. The second-order valence-corrected chi connectivity index (χ2v) is 13.1. The molecule has 2 heteroatoms. The molecule has 0 spiro atoms. The lowest BCUT2D eigenvalue weighted by Gasteiger charge is -2.61. The van der Waals surface area contributed by atoms with Gasteiger partial charge in [0.25, 0.3) is 0 Å². The fraction of sp³-hybridized carbons (Fsp3) is 0.929. The molecule has 4 saturated carbocycles. The third kappa shape index (κ3) is 3.72. The molecule has 30 heavy (non-hydrogen) atoms. The van der Waals surface area contributed by atoms with Gasteiger partial charge in [-0.2, -0.15) is 0 Å². The second-order valence-electron chi connectivity index (χ2n) is 13.1. The van der Waals surface area contributed by atoms with Crippen LogP contribution < -0.4 is 0 Å². The van der Waals surface area contributed by atoms with Crippen LogP contribution in [0.2, 0.25) is 0 Å².